The fourth-order valence-electron chi connectivity index (χ4n) is 8.57. The average molecular weight is 642 g/mol. The fraction of sp³-hybridized carbons (Fsp3) is 0.102. The van der Waals surface area contributed by atoms with Crippen molar-refractivity contribution in [3.8, 4) is 33.4 Å². The molecule has 0 unspecified atom stereocenters. The number of anilines is 3. The number of rotatable bonds is 7. The van der Waals surface area contributed by atoms with Gasteiger partial charge in [-0.15, -0.1) is 0 Å². The van der Waals surface area contributed by atoms with Crippen LogP contribution in [0.15, 0.2) is 176 Å². The molecule has 0 N–H and O–H groups in total. The second-order valence-electron chi connectivity index (χ2n) is 13.6. The zero-order valence-corrected chi connectivity index (χ0v) is 28.6. The summed E-state index contributed by atoms with van der Waals surface area (Å²) in [7, 11) is 0. The monoisotopic (exact) mass is 641 g/mol. The summed E-state index contributed by atoms with van der Waals surface area (Å²) in [6, 6.07) is 64.9. The topological polar surface area (TPSA) is 3.24 Å². The summed E-state index contributed by atoms with van der Waals surface area (Å²) >= 11 is 0. The Morgan fingerprint density at radius 1 is 0.400 bits per heavy atom. The normalized spacial score (nSPS) is 12.9. The lowest BCUT2D eigenvalue weighted by Crippen LogP contribution is -2.22. The van der Waals surface area contributed by atoms with E-state index in [1.807, 2.05) is 0 Å². The van der Waals surface area contributed by atoms with Gasteiger partial charge < -0.3 is 4.90 Å². The van der Waals surface area contributed by atoms with Gasteiger partial charge in [0.15, 0.2) is 0 Å². The predicted molar refractivity (Wildman–Crippen MR) is 214 cm³/mol. The molecule has 0 radical (unpaired) electrons. The maximum Gasteiger partial charge on any atom is 0.0546 e. The average Bonchev–Trinajstić information content (AvgIpc) is 3.47. The molecule has 9 rings (SSSR count). The first-order valence-corrected chi connectivity index (χ1v) is 17.9. The van der Waals surface area contributed by atoms with Crippen LogP contribution < -0.4 is 4.90 Å². The molecule has 1 aliphatic rings. The Morgan fingerprint density at radius 3 is 1.60 bits per heavy atom. The number of nitrogens with zero attached hydrogens (tertiary/aromatic N) is 1. The van der Waals surface area contributed by atoms with Crippen molar-refractivity contribution in [3.63, 3.8) is 0 Å². The van der Waals surface area contributed by atoms with Gasteiger partial charge in [0.25, 0.3) is 0 Å². The quantitative estimate of drug-likeness (QED) is 0.157. The number of benzene rings is 8. The minimum absolute atomic E-state index is 0.0294. The minimum atomic E-state index is 0.0294. The van der Waals surface area contributed by atoms with Crippen molar-refractivity contribution in [1.82, 2.24) is 0 Å². The van der Waals surface area contributed by atoms with Gasteiger partial charge in [-0.05, 0) is 122 Å². The van der Waals surface area contributed by atoms with Crippen LogP contribution in [0.5, 0.6) is 0 Å². The third-order valence-corrected chi connectivity index (χ3v) is 11.1. The van der Waals surface area contributed by atoms with Crippen LogP contribution in [0.1, 0.15) is 37.8 Å². The van der Waals surface area contributed by atoms with Crippen molar-refractivity contribution in [2.24, 2.45) is 0 Å². The molecular weight excluding hydrogens is 603 g/mol. The summed E-state index contributed by atoms with van der Waals surface area (Å²) in [5.41, 5.74) is 13.9. The molecule has 0 aliphatic heterocycles. The van der Waals surface area contributed by atoms with E-state index in [0.717, 1.165) is 24.2 Å². The second-order valence-corrected chi connectivity index (χ2v) is 13.6. The Labute approximate surface area is 295 Å². The van der Waals surface area contributed by atoms with Crippen molar-refractivity contribution in [3.05, 3.63) is 187 Å². The highest BCUT2D eigenvalue weighted by Crippen LogP contribution is 2.54. The van der Waals surface area contributed by atoms with Crippen molar-refractivity contribution in [1.29, 1.82) is 0 Å². The largest absolute Gasteiger partial charge is 0.310 e. The lowest BCUT2D eigenvalue weighted by Gasteiger charge is -2.30. The molecule has 1 nitrogen and oxygen atoms in total. The van der Waals surface area contributed by atoms with Crippen LogP contribution >= 0.6 is 0 Å². The smallest absolute Gasteiger partial charge is 0.0546 e. The fourth-order valence-corrected chi connectivity index (χ4v) is 8.57. The number of para-hydroxylation sites is 1. The van der Waals surface area contributed by atoms with Gasteiger partial charge in [0.2, 0.25) is 0 Å². The molecule has 8 aromatic carbocycles. The summed E-state index contributed by atoms with van der Waals surface area (Å²) in [5, 5.41) is 5.10. The lowest BCUT2D eigenvalue weighted by atomic mass is 9.73. The molecular formula is C49H39N. The van der Waals surface area contributed by atoms with Gasteiger partial charge in [0, 0.05) is 22.2 Å². The van der Waals surface area contributed by atoms with E-state index in [1.54, 1.807) is 0 Å². The Balaban J connectivity index is 1.35. The molecule has 1 heteroatoms. The van der Waals surface area contributed by atoms with Crippen molar-refractivity contribution in [2.75, 3.05) is 4.90 Å². The van der Waals surface area contributed by atoms with E-state index in [1.165, 1.54) is 71.7 Å². The Bertz CT molecular complexity index is 2430. The van der Waals surface area contributed by atoms with E-state index in [-0.39, 0.29) is 5.41 Å². The summed E-state index contributed by atoms with van der Waals surface area (Å²) in [6.45, 7) is 4.71. The van der Waals surface area contributed by atoms with Gasteiger partial charge in [-0.3, -0.25) is 0 Å². The predicted octanol–water partition coefficient (Wildman–Crippen LogP) is 13.9. The van der Waals surface area contributed by atoms with Crippen LogP contribution in [0.25, 0.3) is 54.9 Å². The van der Waals surface area contributed by atoms with Crippen molar-refractivity contribution < 1.29 is 0 Å². The van der Waals surface area contributed by atoms with E-state index in [4.69, 9.17) is 0 Å². The molecule has 8 aromatic rings. The standard InChI is InChI=1S/C49H39N/c1-3-49(4-2)46-27-17-16-25-42(46)45-31-38-32-48(43-26-15-14-24-41(43)44(38)33-47(45)49)50(39-22-12-7-13-23-39)40-29-36(34-18-8-5-9-19-34)28-37(30-40)35-20-10-6-11-21-35/h5-33H,3-4H2,1-2H3. The zero-order valence-electron chi connectivity index (χ0n) is 28.6. The first-order chi connectivity index (χ1) is 24.7. The highest BCUT2D eigenvalue weighted by atomic mass is 15.1. The van der Waals surface area contributed by atoms with Crippen LogP contribution in [0.3, 0.4) is 0 Å². The Morgan fingerprint density at radius 2 is 0.960 bits per heavy atom. The lowest BCUT2D eigenvalue weighted by molar-refractivity contribution is 0.491. The molecule has 0 amide bonds. The molecule has 0 spiro atoms. The summed E-state index contributed by atoms with van der Waals surface area (Å²) < 4.78 is 0. The van der Waals surface area contributed by atoms with E-state index >= 15 is 0 Å². The van der Waals surface area contributed by atoms with Gasteiger partial charge in [0.1, 0.15) is 0 Å². The number of fused-ring (bicyclic) bond motifs is 6. The molecule has 0 bridgehead atoms. The third-order valence-electron chi connectivity index (χ3n) is 11.1. The van der Waals surface area contributed by atoms with Gasteiger partial charge in [-0.1, -0.05) is 141 Å². The SMILES string of the molecule is CCC1(CC)c2ccccc2-c2cc3cc(N(c4ccccc4)c4cc(-c5ccccc5)cc(-c5ccccc5)c4)c4ccccc4c3cc21. The van der Waals surface area contributed by atoms with Crippen LogP contribution in [0.2, 0.25) is 0 Å². The molecule has 50 heavy (non-hydrogen) atoms. The number of hydrogen-bond acceptors (Lipinski definition) is 1. The molecule has 1 aliphatic carbocycles. The molecule has 240 valence electrons. The molecule has 0 atom stereocenters. The molecule has 0 saturated heterocycles. The second kappa shape index (κ2) is 12.2. The molecule has 0 saturated carbocycles. The maximum atomic E-state index is 2.53. The van der Waals surface area contributed by atoms with Crippen LogP contribution in [0.4, 0.5) is 17.1 Å². The van der Waals surface area contributed by atoms with E-state index in [9.17, 15) is 0 Å². The Kier molecular flexibility index (Phi) is 7.36. The van der Waals surface area contributed by atoms with Crippen molar-refractivity contribution >= 4 is 38.6 Å². The maximum absolute atomic E-state index is 2.53. The van der Waals surface area contributed by atoms with Crippen LogP contribution in [-0.2, 0) is 5.41 Å². The molecule has 0 aromatic heterocycles. The Hall–Kier alpha value is -5.92. The molecule has 0 fully saturated rings. The van der Waals surface area contributed by atoms with Gasteiger partial charge in [-0.2, -0.15) is 0 Å². The van der Waals surface area contributed by atoms with Crippen molar-refractivity contribution in [2.45, 2.75) is 32.1 Å². The highest BCUT2D eigenvalue weighted by Gasteiger charge is 2.40. The van der Waals surface area contributed by atoms with E-state index in [0.29, 0.717) is 0 Å². The first-order valence-electron chi connectivity index (χ1n) is 17.9. The van der Waals surface area contributed by atoms with E-state index < -0.39 is 0 Å². The zero-order chi connectivity index (χ0) is 33.7. The third kappa shape index (κ3) is 4.76. The number of hydrogen-bond donors (Lipinski definition) is 0. The van der Waals surface area contributed by atoms with Gasteiger partial charge in [-0.25, -0.2) is 0 Å². The molecule has 0 heterocycles. The summed E-state index contributed by atoms with van der Waals surface area (Å²) in [5.74, 6) is 0. The van der Waals surface area contributed by atoms with Crippen LogP contribution in [0, 0.1) is 0 Å². The van der Waals surface area contributed by atoms with Gasteiger partial charge in [0.05, 0.1) is 5.69 Å². The van der Waals surface area contributed by atoms with E-state index in [2.05, 4.69) is 195 Å². The van der Waals surface area contributed by atoms with Crippen LogP contribution in [-0.4, -0.2) is 0 Å². The van der Waals surface area contributed by atoms with Gasteiger partial charge >= 0.3 is 0 Å². The summed E-state index contributed by atoms with van der Waals surface area (Å²) in [6.07, 6.45) is 2.16. The first kappa shape index (κ1) is 30.2. The minimum Gasteiger partial charge on any atom is -0.310 e. The highest BCUT2D eigenvalue weighted by molar-refractivity contribution is 6.16. The summed E-state index contributed by atoms with van der Waals surface area (Å²) in [4.78, 5) is 2.46.